The van der Waals surface area contributed by atoms with Crippen LogP contribution in [0.2, 0.25) is 5.02 Å². The summed E-state index contributed by atoms with van der Waals surface area (Å²) in [5.41, 5.74) is 0.220. The summed E-state index contributed by atoms with van der Waals surface area (Å²) in [5.74, 6) is -0.188. The van der Waals surface area contributed by atoms with Gasteiger partial charge in [0, 0.05) is 23.8 Å². The van der Waals surface area contributed by atoms with Gasteiger partial charge in [0.2, 0.25) is 0 Å². The molecule has 5 heteroatoms. The lowest BCUT2D eigenvalue weighted by atomic mass is 9.77. The minimum atomic E-state index is -1.12. The third-order valence-electron chi connectivity index (χ3n) is 4.80. The average Bonchev–Trinajstić information content (AvgIpc) is 2.68. The van der Waals surface area contributed by atoms with Crippen molar-refractivity contribution in [3.05, 3.63) is 70.7 Å². The molecule has 4 nitrogen and oxygen atoms in total. The molecule has 2 N–H and O–H groups in total. The van der Waals surface area contributed by atoms with E-state index in [1.54, 1.807) is 24.3 Å². The molecule has 25 heavy (non-hydrogen) atoms. The third kappa shape index (κ3) is 4.21. The maximum Gasteiger partial charge on any atom is 0.251 e. The van der Waals surface area contributed by atoms with Crippen molar-refractivity contribution in [2.24, 2.45) is 5.92 Å². The zero-order chi connectivity index (χ0) is 17.7. The number of benzene rings is 2. The van der Waals surface area contributed by atoms with Gasteiger partial charge < -0.3 is 15.2 Å². The topological polar surface area (TPSA) is 58.6 Å². The van der Waals surface area contributed by atoms with E-state index in [4.69, 9.17) is 16.3 Å². The van der Waals surface area contributed by atoms with E-state index in [9.17, 15) is 9.90 Å². The summed E-state index contributed by atoms with van der Waals surface area (Å²) in [6, 6.07) is 16.2. The second-order valence-corrected chi connectivity index (χ2v) is 6.80. The van der Waals surface area contributed by atoms with Gasteiger partial charge in [-0.1, -0.05) is 41.9 Å². The maximum atomic E-state index is 12.4. The molecule has 1 atom stereocenters. The van der Waals surface area contributed by atoms with Crippen LogP contribution >= 0.6 is 11.6 Å². The Morgan fingerprint density at radius 1 is 1.12 bits per heavy atom. The van der Waals surface area contributed by atoms with Crippen LogP contribution in [-0.2, 0) is 10.3 Å². The van der Waals surface area contributed by atoms with Crippen molar-refractivity contribution in [3.63, 3.8) is 0 Å². The van der Waals surface area contributed by atoms with Gasteiger partial charge in [0.1, 0.15) is 5.60 Å². The molecule has 1 aliphatic heterocycles. The van der Waals surface area contributed by atoms with E-state index in [-0.39, 0.29) is 18.4 Å². The van der Waals surface area contributed by atoms with Crippen LogP contribution in [0.4, 0.5) is 0 Å². The lowest BCUT2D eigenvalue weighted by Crippen LogP contribution is -2.47. The van der Waals surface area contributed by atoms with Gasteiger partial charge in [-0.25, -0.2) is 0 Å². The van der Waals surface area contributed by atoms with Gasteiger partial charge in [0.15, 0.2) is 0 Å². The Bertz CT molecular complexity index is 699. The first-order valence-corrected chi connectivity index (χ1v) is 8.87. The molecule has 1 fully saturated rings. The summed E-state index contributed by atoms with van der Waals surface area (Å²) in [6.45, 7) is 1.42. The van der Waals surface area contributed by atoms with Crippen LogP contribution in [0.15, 0.2) is 54.6 Å². The number of halogens is 1. The third-order valence-corrected chi connectivity index (χ3v) is 5.05. The Hall–Kier alpha value is -1.88. The molecule has 1 amide bonds. The van der Waals surface area contributed by atoms with Crippen molar-refractivity contribution < 1.29 is 14.6 Å². The van der Waals surface area contributed by atoms with E-state index in [1.807, 2.05) is 30.3 Å². The number of amides is 1. The van der Waals surface area contributed by atoms with Gasteiger partial charge in [-0.2, -0.15) is 0 Å². The highest BCUT2D eigenvalue weighted by Crippen LogP contribution is 2.35. The van der Waals surface area contributed by atoms with Crippen LogP contribution < -0.4 is 5.32 Å². The summed E-state index contributed by atoms with van der Waals surface area (Å²) in [4.78, 5) is 12.4. The molecule has 0 aromatic heterocycles. The summed E-state index contributed by atoms with van der Waals surface area (Å²) in [7, 11) is 0. The fraction of sp³-hybridized carbons (Fsp3) is 0.350. The van der Waals surface area contributed by atoms with Crippen LogP contribution in [0.25, 0.3) is 0 Å². The van der Waals surface area contributed by atoms with E-state index in [0.29, 0.717) is 23.8 Å². The molecule has 3 rings (SSSR count). The highest BCUT2D eigenvalue weighted by atomic mass is 35.5. The van der Waals surface area contributed by atoms with Crippen LogP contribution in [0, 0.1) is 5.92 Å². The standard InChI is InChI=1S/C20H22ClNO3/c21-18-8-6-15(7-9-18)19(23)22-14-20(24,16-4-2-1-3-5-16)17-10-12-25-13-11-17/h1-9,17,24H,10-14H2,(H,22,23)/t20-/m1/s1. The molecule has 0 unspecified atom stereocenters. The van der Waals surface area contributed by atoms with Crippen molar-refractivity contribution in [3.8, 4) is 0 Å². The van der Waals surface area contributed by atoms with Gasteiger partial charge in [-0.05, 0) is 48.6 Å². The van der Waals surface area contributed by atoms with Gasteiger partial charge in [0.05, 0.1) is 6.54 Å². The van der Waals surface area contributed by atoms with E-state index < -0.39 is 5.60 Å². The fourth-order valence-electron chi connectivity index (χ4n) is 3.30. The minimum Gasteiger partial charge on any atom is -0.383 e. The molecular weight excluding hydrogens is 338 g/mol. The molecule has 1 heterocycles. The Morgan fingerprint density at radius 3 is 2.40 bits per heavy atom. The van der Waals surface area contributed by atoms with E-state index >= 15 is 0 Å². The molecule has 0 aliphatic carbocycles. The SMILES string of the molecule is O=C(NC[C@@](O)(c1ccccc1)C1CCOCC1)c1ccc(Cl)cc1. The molecule has 0 radical (unpaired) electrons. The molecular formula is C20H22ClNO3. The van der Waals surface area contributed by atoms with E-state index in [2.05, 4.69) is 5.32 Å². The molecule has 2 aromatic rings. The Morgan fingerprint density at radius 2 is 1.76 bits per heavy atom. The molecule has 1 saturated heterocycles. The maximum absolute atomic E-state index is 12.4. The molecule has 1 aliphatic rings. The molecule has 0 bridgehead atoms. The van der Waals surface area contributed by atoms with Crippen LogP contribution in [-0.4, -0.2) is 30.8 Å². The number of carbonyl (C=O) groups excluding carboxylic acids is 1. The highest BCUT2D eigenvalue weighted by Gasteiger charge is 2.39. The number of hydrogen-bond acceptors (Lipinski definition) is 3. The van der Waals surface area contributed by atoms with Crippen molar-refractivity contribution in [2.45, 2.75) is 18.4 Å². The monoisotopic (exact) mass is 359 g/mol. The number of ether oxygens (including phenoxy) is 1. The summed E-state index contributed by atoms with van der Waals surface area (Å²) in [6.07, 6.45) is 1.53. The van der Waals surface area contributed by atoms with Gasteiger partial charge in [-0.15, -0.1) is 0 Å². The smallest absolute Gasteiger partial charge is 0.251 e. The quantitative estimate of drug-likeness (QED) is 0.860. The lowest BCUT2D eigenvalue weighted by Gasteiger charge is -2.39. The Labute approximate surface area is 152 Å². The first kappa shape index (κ1) is 17.9. The molecule has 0 spiro atoms. The second-order valence-electron chi connectivity index (χ2n) is 6.37. The van der Waals surface area contributed by atoms with Crippen LogP contribution in [0.5, 0.6) is 0 Å². The summed E-state index contributed by atoms with van der Waals surface area (Å²) < 4.78 is 5.43. The van der Waals surface area contributed by atoms with Crippen molar-refractivity contribution in [2.75, 3.05) is 19.8 Å². The summed E-state index contributed by atoms with van der Waals surface area (Å²) >= 11 is 5.86. The first-order chi connectivity index (χ1) is 12.1. The molecule has 0 saturated carbocycles. The second kappa shape index (κ2) is 8.00. The normalized spacial score (nSPS) is 17.7. The van der Waals surface area contributed by atoms with E-state index in [0.717, 1.165) is 18.4 Å². The van der Waals surface area contributed by atoms with Crippen molar-refractivity contribution in [1.82, 2.24) is 5.32 Å². The zero-order valence-electron chi connectivity index (χ0n) is 14.0. The number of nitrogens with one attached hydrogen (secondary N) is 1. The number of carbonyl (C=O) groups is 1. The number of rotatable bonds is 5. The molecule has 2 aromatic carbocycles. The predicted molar refractivity (Wildman–Crippen MR) is 97.7 cm³/mol. The largest absolute Gasteiger partial charge is 0.383 e. The fourth-order valence-corrected chi connectivity index (χ4v) is 3.43. The van der Waals surface area contributed by atoms with Gasteiger partial charge in [-0.3, -0.25) is 4.79 Å². The number of hydrogen-bond donors (Lipinski definition) is 2. The minimum absolute atomic E-state index is 0.0363. The van der Waals surface area contributed by atoms with Crippen LogP contribution in [0.3, 0.4) is 0 Å². The number of aliphatic hydroxyl groups is 1. The summed E-state index contributed by atoms with van der Waals surface area (Å²) in [5, 5.41) is 14.9. The van der Waals surface area contributed by atoms with Gasteiger partial charge >= 0.3 is 0 Å². The highest BCUT2D eigenvalue weighted by molar-refractivity contribution is 6.30. The van der Waals surface area contributed by atoms with Crippen molar-refractivity contribution in [1.29, 1.82) is 0 Å². The zero-order valence-corrected chi connectivity index (χ0v) is 14.7. The predicted octanol–water partition coefficient (Wildman–Crippen LogP) is 3.38. The Balaban J connectivity index is 1.78. The first-order valence-electron chi connectivity index (χ1n) is 8.49. The van der Waals surface area contributed by atoms with Gasteiger partial charge in [0.25, 0.3) is 5.91 Å². The molecule has 132 valence electrons. The van der Waals surface area contributed by atoms with E-state index in [1.165, 1.54) is 0 Å². The van der Waals surface area contributed by atoms with Crippen molar-refractivity contribution >= 4 is 17.5 Å². The Kier molecular flexibility index (Phi) is 5.74. The average molecular weight is 360 g/mol. The van der Waals surface area contributed by atoms with Crippen LogP contribution in [0.1, 0.15) is 28.8 Å². The lowest BCUT2D eigenvalue weighted by molar-refractivity contribution is -0.0680.